The number of carboxylic acids is 1. The first-order valence-corrected chi connectivity index (χ1v) is 8.57. The van der Waals surface area contributed by atoms with Crippen LogP contribution < -0.4 is 0 Å². The van der Waals surface area contributed by atoms with Gasteiger partial charge in [0.1, 0.15) is 22.9 Å². The quantitative estimate of drug-likeness (QED) is 0.463. The number of hydrogen-bond donors (Lipinski definition) is 2. The number of fused-ring (bicyclic) bond motifs is 3. The second-order valence-corrected chi connectivity index (χ2v) is 6.45. The van der Waals surface area contributed by atoms with Crippen LogP contribution in [-0.2, 0) is 16.0 Å². The molecule has 0 radical (unpaired) electrons. The van der Waals surface area contributed by atoms with Crippen molar-refractivity contribution in [1.82, 2.24) is 0 Å². The highest BCUT2D eigenvalue weighted by atomic mass is 16.5. The number of furan rings is 1. The van der Waals surface area contributed by atoms with Crippen LogP contribution in [0.1, 0.15) is 37.0 Å². The van der Waals surface area contributed by atoms with E-state index in [-0.39, 0.29) is 11.7 Å². The van der Waals surface area contributed by atoms with Gasteiger partial charge in [-0.1, -0.05) is 11.6 Å². The lowest BCUT2D eigenvalue weighted by Crippen LogP contribution is -2.06. The Bertz CT molecular complexity index is 914. The molecule has 1 aromatic heterocycles. The molecule has 1 atom stereocenters. The third kappa shape index (κ3) is 3.82. The van der Waals surface area contributed by atoms with Crippen molar-refractivity contribution in [1.29, 1.82) is 0 Å². The van der Waals surface area contributed by atoms with Crippen molar-refractivity contribution in [2.75, 3.05) is 7.11 Å². The van der Waals surface area contributed by atoms with Gasteiger partial charge < -0.3 is 19.4 Å². The van der Waals surface area contributed by atoms with Crippen LogP contribution in [0.2, 0.25) is 0 Å². The van der Waals surface area contributed by atoms with Crippen LogP contribution in [0.3, 0.4) is 0 Å². The average Bonchev–Trinajstić information content (AvgIpc) is 2.97. The fraction of sp³-hybridized carbons (Fsp3) is 0.286. The number of methoxy groups -OCH3 is 1. The third-order valence-electron chi connectivity index (χ3n) is 4.54. The van der Waals surface area contributed by atoms with Gasteiger partial charge in [0.05, 0.1) is 7.11 Å². The summed E-state index contributed by atoms with van der Waals surface area (Å²) in [4.78, 5) is 10.7. The number of carboxylic acid groups (broad SMARTS) is 1. The standard InChI is InChI=1S/C21H22O5/c1-13(11-16(25-2)7-9-20(23)24)10-14-4-3-5-19-21(14)17-12-15(22)6-8-18(17)26-19/h6-12,14,22H,3-5H2,1-2H3,(H,23,24)/b9-7+,13-10+,16-11-/t14-/m1/s1. The number of ether oxygens (including phenoxy) is 1. The summed E-state index contributed by atoms with van der Waals surface area (Å²) in [6.45, 7) is 1.96. The number of aryl methyl sites for hydroxylation is 1. The van der Waals surface area contributed by atoms with Crippen molar-refractivity contribution < 1.29 is 24.2 Å². The Hall–Kier alpha value is -2.95. The van der Waals surface area contributed by atoms with Gasteiger partial charge in [0.25, 0.3) is 0 Å². The van der Waals surface area contributed by atoms with Crippen molar-refractivity contribution in [3.63, 3.8) is 0 Å². The smallest absolute Gasteiger partial charge is 0.328 e. The molecule has 5 heteroatoms. The van der Waals surface area contributed by atoms with E-state index in [2.05, 4.69) is 6.08 Å². The van der Waals surface area contributed by atoms with Gasteiger partial charge in [0, 0.05) is 29.4 Å². The van der Waals surface area contributed by atoms with Crippen LogP contribution >= 0.6 is 0 Å². The summed E-state index contributed by atoms with van der Waals surface area (Å²) in [5.41, 5.74) is 2.91. The van der Waals surface area contributed by atoms with Crippen LogP contribution in [0.15, 0.2) is 58.3 Å². The summed E-state index contributed by atoms with van der Waals surface area (Å²) >= 11 is 0. The van der Waals surface area contributed by atoms with E-state index in [0.29, 0.717) is 5.76 Å². The molecule has 2 aromatic rings. The molecule has 136 valence electrons. The Morgan fingerprint density at radius 2 is 2.15 bits per heavy atom. The topological polar surface area (TPSA) is 79.9 Å². The van der Waals surface area contributed by atoms with Gasteiger partial charge in [0.2, 0.25) is 0 Å². The second-order valence-electron chi connectivity index (χ2n) is 6.45. The molecule has 1 aromatic carbocycles. The minimum Gasteiger partial charge on any atom is -0.508 e. The molecule has 0 amide bonds. The zero-order valence-electron chi connectivity index (χ0n) is 14.9. The Kier molecular flexibility index (Phi) is 5.16. The van der Waals surface area contributed by atoms with Crippen LogP contribution in [0.4, 0.5) is 0 Å². The lowest BCUT2D eigenvalue weighted by atomic mass is 9.84. The summed E-state index contributed by atoms with van der Waals surface area (Å²) in [7, 11) is 1.51. The second kappa shape index (κ2) is 7.52. The molecule has 5 nitrogen and oxygen atoms in total. The van der Waals surface area contributed by atoms with Crippen LogP contribution in [0.25, 0.3) is 11.0 Å². The lowest BCUT2D eigenvalue weighted by Gasteiger charge is -2.19. The number of aromatic hydroxyl groups is 1. The van der Waals surface area contributed by atoms with Crippen molar-refractivity contribution in [3.8, 4) is 5.75 Å². The molecule has 0 saturated heterocycles. The average molecular weight is 354 g/mol. The number of allylic oxidation sites excluding steroid dienone is 4. The van der Waals surface area contributed by atoms with E-state index in [4.69, 9.17) is 14.3 Å². The highest BCUT2D eigenvalue weighted by Gasteiger charge is 2.25. The van der Waals surface area contributed by atoms with Crippen LogP contribution in [0.5, 0.6) is 5.75 Å². The van der Waals surface area contributed by atoms with E-state index in [1.807, 2.05) is 13.0 Å². The number of rotatable bonds is 5. The first kappa shape index (κ1) is 17.9. The number of aliphatic carboxylic acids is 1. The summed E-state index contributed by atoms with van der Waals surface area (Å²) in [6.07, 6.45) is 9.36. The molecule has 1 aliphatic rings. The Balaban J connectivity index is 1.96. The van der Waals surface area contributed by atoms with E-state index >= 15 is 0 Å². The molecule has 2 N–H and O–H groups in total. The Morgan fingerprint density at radius 1 is 1.35 bits per heavy atom. The van der Waals surface area contributed by atoms with E-state index in [1.54, 1.807) is 18.2 Å². The highest BCUT2D eigenvalue weighted by molar-refractivity contribution is 5.85. The van der Waals surface area contributed by atoms with Crippen molar-refractivity contribution >= 4 is 16.9 Å². The van der Waals surface area contributed by atoms with Gasteiger partial charge in [-0.2, -0.15) is 0 Å². The zero-order valence-corrected chi connectivity index (χ0v) is 14.9. The van der Waals surface area contributed by atoms with Gasteiger partial charge in [-0.25, -0.2) is 4.79 Å². The van der Waals surface area contributed by atoms with E-state index in [1.165, 1.54) is 13.2 Å². The predicted molar refractivity (Wildman–Crippen MR) is 99.2 cm³/mol. The Labute approximate surface area is 151 Å². The fourth-order valence-corrected chi connectivity index (χ4v) is 3.46. The van der Waals surface area contributed by atoms with Crippen molar-refractivity contribution in [3.05, 3.63) is 65.2 Å². The molecular formula is C21H22O5. The van der Waals surface area contributed by atoms with Crippen LogP contribution in [-0.4, -0.2) is 23.3 Å². The lowest BCUT2D eigenvalue weighted by molar-refractivity contribution is -0.131. The number of carbonyl (C=O) groups is 1. The van der Waals surface area contributed by atoms with E-state index in [0.717, 1.165) is 53.2 Å². The van der Waals surface area contributed by atoms with Crippen molar-refractivity contribution in [2.24, 2.45) is 0 Å². The monoisotopic (exact) mass is 354 g/mol. The fourth-order valence-electron chi connectivity index (χ4n) is 3.46. The maximum Gasteiger partial charge on any atom is 0.328 e. The Morgan fingerprint density at radius 3 is 2.88 bits per heavy atom. The van der Waals surface area contributed by atoms with Crippen LogP contribution in [0, 0.1) is 0 Å². The molecule has 0 spiro atoms. The molecule has 1 aliphatic carbocycles. The molecule has 26 heavy (non-hydrogen) atoms. The number of hydrogen-bond acceptors (Lipinski definition) is 4. The molecule has 0 saturated carbocycles. The van der Waals surface area contributed by atoms with Gasteiger partial charge in [-0.05, 0) is 50.1 Å². The minimum absolute atomic E-state index is 0.180. The maximum atomic E-state index is 10.7. The molecular weight excluding hydrogens is 332 g/mol. The van der Waals surface area contributed by atoms with E-state index < -0.39 is 5.97 Å². The predicted octanol–water partition coefficient (Wildman–Crippen LogP) is 4.68. The summed E-state index contributed by atoms with van der Waals surface area (Å²) in [6, 6.07) is 5.19. The first-order valence-electron chi connectivity index (χ1n) is 8.57. The van der Waals surface area contributed by atoms with Gasteiger partial charge in [-0.15, -0.1) is 0 Å². The number of phenolic OH excluding ortho intramolecular Hbond substituents is 1. The molecule has 0 unspecified atom stereocenters. The largest absolute Gasteiger partial charge is 0.508 e. The minimum atomic E-state index is -1.02. The summed E-state index contributed by atoms with van der Waals surface area (Å²) in [5, 5.41) is 19.5. The molecule has 3 rings (SSSR count). The first-order chi connectivity index (χ1) is 12.5. The molecule has 0 bridgehead atoms. The maximum absolute atomic E-state index is 10.7. The molecule has 0 aliphatic heterocycles. The highest BCUT2D eigenvalue weighted by Crippen LogP contribution is 2.41. The number of benzene rings is 1. The van der Waals surface area contributed by atoms with Crippen molar-refractivity contribution in [2.45, 2.75) is 32.1 Å². The summed E-state index contributed by atoms with van der Waals surface area (Å²) < 4.78 is 11.2. The van der Waals surface area contributed by atoms with E-state index in [9.17, 15) is 9.90 Å². The molecule has 0 fully saturated rings. The SMILES string of the molecule is COC(=C\C(C)=C\[C@H]1CCCc2oc3ccc(O)cc3c21)/C=C/C(=O)O. The number of phenols is 1. The third-order valence-corrected chi connectivity index (χ3v) is 4.54. The van der Waals surface area contributed by atoms with Gasteiger partial charge >= 0.3 is 5.97 Å². The summed E-state index contributed by atoms with van der Waals surface area (Å²) in [5.74, 6) is 0.849. The van der Waals surface area contributed by atoms with Gasteiger partial charge in [-0.3, -0.25) is 0 Å². The molecule has 1 heterocycles. The normalized spacial score (nSPS) is 18.3. The zero-order chi connectivity index (χ0) is 18.7. The van der Waals surface area contributed by atoms with Gasteiger partial charge in [0.15, 0.2) is 0 Å².